The molecule has 0 fully saturated rings. The Bertz CT molecular complexity index is 461. The maximum atomic E-state index is 12.0. The van der Waals surface area contributed by atoms with Crippen LogP contribution in [-0.4, -0.2) is 38.0 Å². The monoisotopic (exact) mass is 320 g/mol. The van der Waals surface area contributed by atoms with E-state index in [1.165, 1.54) is 12.1 Å². The molecule has 1 aromatic rings. The molecule has 0 atom stereocenters. The van der Waals surface area contributed by atoms with Gasteiger partial charge in [0.25, 0.3) is 5.91 Å². The summed E-state index contributed by atoms with van der Waals surface area (Å²) in [5.74, 6) is -0.366. The van der Waals surface area contributed by atoms with Crippen molar-refractivity contribution in [2.45, 2.75) is 26.3 Å². The number of rotatable bonds is 8. The molecule has 0 aliphatic rings. The van der Waals surface area contributed by atoms with Crippen LogP contribution in [-0.2, 0) is 4.79 Å². The Morgan fingerprint density at radius 2 is 1.73 bits per heavy atom. The summed E-state index contributed by atoms with van der Waals surface area (Å²) in [7, 11) is 0. The standard InChI is InChI=1S/C14H19F3N2O3/c1-10(2)18-7-8-19-13(20)9-21-11-3-5-12(6-4-11)22-14(15,16)17/h3-6,10,18H,7-9H2,1-2H3,(H,19,20). The zero-order valence-corrected chi connectivity index (χ0v) is 12.4. The van der Waals surface area contributed by atoms with E-state index in [4.69, 9.17) is 4.74 Å². The second kappa shape index (κ2) is 8.47. The SMILES string of the molecule is CC(C)NCCNC(=O)COc1ccc(OC(F)(F)F)cc1. The largest absolute Gasteiger partial charge is 0.573 e. The molecule has 0 unspecified atom stereocenters. The average Bonchev–Trinajstić information content (AvgIpc) is 2.41. The number of carbonyl (C=O) groups excluding carboxylic acids is 1. The van der Waals surface area contributed by atoms with Gasteiger partial charge in [0, 0.05) is 19.1 Å². The molecule has 0 saturated heterocycles. The van der Waals surface area contributed by atoms with E-state index in [1.54, 1.807) is 0 Å². The molecule has 0 aliphatic heterocycles. The van der Waals surface area contributed by atoms with E-state index in [9.17, 15) is 18.0 Å². The average molecular weight is 320 g/mol. The Hall–Kier alpha value is -1.96. The first-order valence-electron chi connectivity index (χ1n) is 6.75. The Morgan fingerprint density at radius 3 is 2.27 bits per heavy atom. The van der Waals surface area contributed by atoms with Crippen LogP contribution in [0.25, 0.3) is 0 Å². The van der Waals surface area contributed by atoms with E-state index >= 15 is 0 Å². The molecule has 5 nitrogen and oxygen atoms in total. The third-order valence-corrected chi connectivity index (χ3v) is 2.43. The highest BCUT2D eigenvalue weighted by Crippen LogP contribution is 2.24. The Balaban J connectivity index is 2.28. The van der Waals surface area contributed by atoms with Crippen molar-refractivity contribution in [3.05, 3.63) is 24.3 Å². The summed E-state index contributed by atoms with van der Waals surface area (Å²) in [6, 6.07) is 5.18. The maximum absolute atomic E-state index is 12.0. The van der Waals surface area contributed by atoms with Crippen LogP contribution >= 0.6 is 0 Å². The second-order valence-electron chi connectivity index (χ2n) is 4.77. The summed E-state index contributed by atoms with van der Waals surface area (Å²) in [6.45, 7) is 4.90. The first-order chi connectivity index (χ1) is 10.3. The van der Waals surface area contributed by atoms with Gasteiger partial charge in [-0.25, -0.2) is 0 Å². The lowest BCUT2D eigenvalue weighted by Gasteiger charge is -2.11. The topological polar surface area (TPSA) is 59.6 Å². The molecule has 22 heavy (non-hydrogen) atoms. The van der Waals surface area contributed by atoms with Gasteiger partial charge < -0.3 is 20.1 Å². The minimum Gasteiger partial charge on any atom is -0.484 e. The number of halogens is 3. The van der Waals surface area contributed by atoms with Gasteiger partial charge in [-0.1, -0.05) is 13.8 Å². The molecule has 0 aromatic heterocycles. The molecule has 2 N–H and O–H groups in total. The van der Waals surface area contributed by atoms with Crippen LogP contribution in [0.2, 0.25) is 0 Å². The van der Waals surface area contributed by atoms with E-state index in [1.807, 2.05) is 13.8 Å². The van der Waals surface area contributed by atoms with Gasteiger partial charge in [-0.05, 0) is 24.3 Å². The first-order valence-corrected chi connectivity index (χ1v) is 6.75. The van der Waals surface area contributed by atoms with E-state index in [-0.39, 0.29) is 24.0 Å². The number of carbonyl (C=O) groups is 1. The van der Waals surface area contributed by atoms with E-state index in [2.05, 4.69) is 15.4 Å². The third kappa shape index (κ3) is 8.35. The lowest BCUT2D eigenvalue weighted by atomic mass is 10.3. The maximum Gasteiger partial charge on any atom is 0.573 e. The van der Waals surface area contributed by atoms with Gasteiger partial charge in [0.2, 0.25) is 0 Å². The summed E-state index contributed by atoms with van der Waals surface area (Å²) < 4.78 is 44.8. The molecule has 0 spiro atoms. The number of alkyl halides is 3. The Kier molecular flexibility index (Phi) is 6.97. The first kappa shape index (κ1) is 18.1. The van der Waals surface area contributed by atoms with Crippen LogP contribution in [0, 0.1) is 0 Å². The van der Waals surface area contributed by atoms with Crippen LogP contribution in [0.15, 0.2) is 24.3 Å². The molecule has 1 aromatic carbocycles. The van der Waals surface area contributed by atoms with Gasteiger partial charge in [-0.3, -0.25) is 4.79 Å². The van der Waals surface area contributed by atoms with E-state index in [0.29, 0.717) is 19.1 Å². The fourth-order valence-electron chi connectivity index (χ4n) is 1.50. The lowest BCUT2D eigenvalue weighted by Crippen LogP contribution is -2.36. The van der Waals surface area contributed by atoms with Crippen LogP contribution in [0.3, 0.4) is 0 Å². The zero-order valence-electron chi connectivity index (χ0n) is 12.4. The van der Waals surface area contributed by atoms with Gasteiger partial charge in [0.05, 0.1) is 0 Å². The molecular weight excluding hydrogens is 301 g/mol. The normalized spacial score (nSPS) is 11.4. The highest BCUT2D eigenvalue weighted by atomic mass is 19.4. The smallest absolute Gasteiger partial charge is 0.484 e. The van der Waals surface area contributed by atoms with Crippen LogP contribution in [0.1, 0.15) is 13.8 Å². The number of ether oxygens (including phenoxy) is 2. The summed E-state index contributed by atoms with van der Waals surface area (Å²) in [5.41, 5.74) is 0. The van der Waals surface area contributed by atoms with Crippen molar-refractivity contribution in [3.63, 3.8) is 0 Å². The highest BCUT2D eigenvalue weighted by Gasteiger charge is 2.30. The molecule has 0 radical (unpaired) electrons. The summed E-state index contributed by atoms with van der Waals surface area (Å²) >= 11 is 0. The molecule has 1 amide bonds. The quantitative estimate of drug-likeness (QED) is 0.720. The fraction of sp³-hybridized carbons (Fsp3) is 0.500. The highest BCUT2D eigenvalue weighted by molar-refractivity contribution is 5.77. The van der Waals surface area contributed by atoms with Crippen molar-refractivity contribution in [2.24, 2.45) is 0 Å². The number of hydrogen-bond donors (Lipinski definition) is 2. The summed E-state index contributed by atoms with van der Waals surface area (Å²) in [5, 5.41) is 5.79. The van der Waals surface area contributed by atoms with Crippen molar-refractivity contribution < 1.29 is 27.4 Å². The number of amides is 1. The van der Waals surface area contributed by atoms with Gasteiger partial charge in [-0.15, -0.1) is 13.2 Å². The van der Waals surface area contributed by atoms with E-state index in [0.717, 1.165) is 12.1 Å². The van der Waals surface area contributed by atoms with Gasteiger partial charge in [0.1, 0.15) is 11.5 Å². The Labute approximate surface area is 126 Å². The Morgan fingerprint density at radius 1 is 1.14 bits per heavy atom. The predicted molar refractivity (Wildman–Crippen MR) is 74.8 cm³/mol. The predicted octanol–water partition coefficient (Wildman–Crippen LogP) is 2.08. The minimum atomic E-state index is -4.73. The van der Waals surface area contributed by atoms with Crippen molar-refractivity contribution in [2.75, 3.05) is 19.7 Å². The van der Waals surface area contributed by atoms with Gasteiger partial charge in [-0.2, -0.15) is 0 Å². The number of hydrogen-bond acceptors (Lipinski definition) is 4. The molecule has 8 heteroatoms. The van der Waals surface area contributed by atoms with Gasteiger partial charge >= 0.3 is 6.36 Å². The van der Waals surface area contributed by atoms with Crippen molar-refractivity contribution >= 4 is 5.91 Å². The molecule has 0 heterocycles. The van der Waals surface area contributed by atoms with Crippen molar-refractivity contribution in [1.82, 2.24) is 10.6 Å². The molecule has 0 bridgehead atoms. The van der Waals surface area contributed by atoms with Crippen molar-refractivity contribution in [3.8, 4) is 11.5 Å². The van der Waals surface area contributed by atoms with E-state index < -0.39 is 6.36 Å². The molecule has 0 saturated carbocycles. The molecular formula is C14H19F3N2O3. The van der Waals surface area contributed by atoms with Crippen LogP contribution < -0.4 is 20.1 Å². The zero-order chi connectivity index (χ0) is 16.6. The van der Waals surface area contributed by atoms with Crippen molar-refractivity contribution in [1.29, 1.82) is 0 Å². The summed E-state index contributed by atoms with van der Waals surface area (Å²) in [6.07, 6.45) is -4.73. The molecule has 124 valence electrons. The van der Waals surface area contributed by atoms with Crippen LogP contribution in [0.5, 0.6) is 11.5 Å². The van der Waals surface area contributed by atoms with Crippen LogP contribution in [0.4, 0.5) is 13.2 Å². The third-order valence-electron chi connectivity index (χ3n) is 2.43. The second-order valence-corrected chi connectivity index (χ2v) is 4.77. The molecule has 0 aliphatic carbocycles. The lowest BCUT2D eigenvalue weighted by molar-refractivity contribution is -0.274. The van der Waals surface area contributed by atoms with Gasteiger partial charge in [0.15, 0.2) is 6.61 Å². The minimum absolute atomic E-state index is 0.207. The number of benzene rings is 1. The number of nitrogens with one attached hydrogen (secondary N) is 2. The summed E-state index contributed by atoms with van der Waals surface area (Å²) in [4.78, 5) is 11.5. The molecule has 1 rings (SSSR count). The fourth-order valence-corrected chi connectivity index (χ4v) is 1.50.